The molecule has 0 atom stereocenters. The van der Waals surface area contributed by atoms with E-state index in [4.69, 9.17) is 14.2 Å². The smallest absolute Gasteiger partial charge is 0.277 e. The molecule has 0 fully saturated rings. The van der Waals surface area contributed by atoms with Crippen LogP contribution in [0.25, 0.3) is 0 Å². The summed E-state index contributed by atoms with van der Waals surface area (Å²) in [5.41, 5.74) is 6.50. The van der Waals surface area contributed by atoms with Crippen LogP contribution in [0, 0.1) is 20.8 Å². The van der Waals surface area contributed by atoms with Gasteiger partial charge in [0, 0.05) is 0 Å². The molecular formula is C22H28N2O4. The third-order valence-electron chi connectivity index (χ3n) is 4.08. The van der Waals surface area contributed by atoms with Crippen LogP contribution >= 0.6 is 0 Å². The Morgan fingerprint density at radius 1 is 1.11 bits per heavy atom. The van der Waals surface area contributed by atoms with Crippen LogP contribution in [0.3, 0.4) is 0 Å². The van der Waals surface area contributed by atoms with Crippen molar-refractivity contribution in [2.24, 2.45) is 5.10 Å². The highest BCUT2D eigenvalue weighted by Crippen LogP contribution is 2.28. The van der Waals surface area contributed by atoms with Crippen molar-refractivity contribution in [3.8, 4) is 17.2 Å². The van der Waals surface area contributed by atoms with Gasteiger partial charge in [-0.25, -0.2) is 5.43 Å². The second kappa shape index (κ2) is 9.78. The third kappa shape index (κ3) is 6.01. The van der Waals surface area contributed by atoms with Crippen molar-refractivity contribution in [3.63, 3.8) is 0 Å². The molecule has 0 aliphatic rings. The van der Waals surface area contributed by atoms with Crippen LogP contribution in [0.1, 0.15) is 36.1 Å². The maximum absolute atomic E-state index is 12.0. The van der Waals surface area contributed by atoms with Crippen LogP contribution in [0.15, 0.2) is 35.4 Å². The zero-order valence-corrected chi connectivity index (χ0v) is 17.3. The molecule has 0 bridgehead atoms. The van der Waals surface area contributed by atoms with Gasteiger partial charge in [0.15, 0.2) is 18.1 Å². The Labute approximate surface area is 166 Å². The maximum Gasteiger partial charge on any atom is 0.277 e. The number of carbonyl (C=O) groups excluding carboxylic acids is 1. The highest BCUT2D eigenvalue weighted by Gasteiger charge is 2.08. The molecule has 2 aromatic carbocycles. The summed E-state index contributed by atoms with van der Waals surface area (Å²) in [6.07, 6.45) is 1.59. The monoisotopic (exact) mass is 384 g/mol. The molecule has 6 heteroatoms. The molecular weight excluding hydrogens is 356 g/mol. The summed E-state index contributed by atoms with van der Waals surface area (Å²) in [6, 6.07) is 9.45. The van der Waals surface area contributed by atoms with Crippen molar-refractivity contribution in [2.75, 3.05) is 13.7 Å². The number of hydrogen-bond donors (Lipinski definition) is 1. The molecule has 0 unspecified atom stereocenters. The van der Waals surface area contributed by atoms with E-state index in [9.17, 15) is 4.79 Å². The van der Waals surface area contributed by atoms with E-state index in [2.05, 4.69) is 16.6 Å². The Kier molecular flexibility index (Phi) is 7.44. The number of benzene rings is 2. The van der Waals surface area contributed by atoms with Gasteiger partial charge in [0.05, 0.1) is 19.4 Å². The fourth-order valence-corrected chi connectivity index (χ4v) is 2.62. The second-order valence-corrected chi connectivity index (χ2v) is 6.86. The van der Waals surface area contributed by atoms with Gasteiger partial charge in [-0.3, -0.25) is 4.79 Å². The fraction of sp³-hybridized carbons (Fsp3) is 0.364. The number of carbonyl (C=O) groups is 1. The molecule has 0 spiro atoms. The quantitative estimate of drug-likeness (QED) is 0.553. The summed E-state index contributed by atoms with van der Waals surface area (Å²) in [6.45, 7) is 9.78. The van der Waals surface area contributed by atoms with Gasteiger partial charge in [-0.05, 0) is 81.1 Å². The van der Waals surface area contributed by atoms with E-state index < -0.39 is 0 Å². The van der Waals surface area contributed by atoms with Crippen molar-refractivity contribution in [2.45, 2.75) is 40.7 Å². The van der Waals surface area contributed by atoms with Gasteiger partial charge in [-0.15, -0.1) is 0 Å². The maximum atomic E-state index is 12.0. The summed E-state index contributed by atoms with van der Waals surface area (Å²) in [4.78, 5) is 12.0. The number of nitrogens with one attached hydrogen (secondary N) is 1. The normalized spacial score (nSPS) is 11.0. The number of methoxy groups -OCH3 is 1. The van der Waals surface area contributed by atoms with E-state index in [1.54, 1.807) is 19.4 Å². The predicted octanol–water partition coefficient (Wildman–Crippen LogP) is 3.94. The zero-order valence-electron chi connectivity index (χ0n) is 17.3. The van der Waals surface area contributed by atoms with Crippen molar-refractivity contribution in [1.82, 2.24) is 5.43 Å². The van der Waals surface area contributed by atoms with E-state index in [-0.39, 0.29) is 18.6 Å². The number of ether oxygens (including phenoxy) is 3. The van der Waals surface area contributed by atoms with Gasteiger partial charge in [0.1, 0.15) is 5.75 Å². The van der Waals surface area contributed by atoms with Crippen LogP contribution in [0.2, 0.25) is 0 Å². The Morgan fingerprint density at radius 3 is 2.54 bits per heavy atom. The summed E-state index contributed by atoms with van der Waals surface area (Å²) in [5, 5.41) is 3.98. The Bertz CT molecular complexity index is 860. The summed E-state index contributed by atoms with van der Waals surface area (Å²) < 4.78 is 16.6. The first-order valence-electron chi connectivity index (χ1n) is 9.17. The molecule has 6 nitrogen and oxygen atoms in total. The molecule has 2 rings (SSSR count). The lowest BCUT2D eigenvalue weighted by molar-refractivity contribution is -0.123. The van der Waals surface area contributed by atoms with Gasteiger partial charge < -0.3 is 14.2 Å². The lowest BCUT2D eigenvalue weighted by Gasteiger charge is -2.13. The van der Waals surface area contributed by atoms with Gasteiger partial charge >= 0.3 is 0 Å². The van der Waals surface area contributed by atoms with E-state index in [0.29, 0.717) is 17.2 Å². The predicted molar refractivity (Wildman–Crippen MR) is 111 cm³/mol. The molecule has 0 saturated heterocycles. The largest absolute Gasteiger partial charge is 0.493 e. The first kappa shape index (κ1) is 21.3. The minimum atomic E-state index is -0.332. The highest BCUT2D eigenvalue weighted by atomic mass is 16.5. The zero-order chi connectivity index (χ0) is 20.7. The molecule has 1 amide bonds. The molecule has 0 aliphatic heterocycles. The van der Waals surface area contributed by atoms with Crippen molar-refractivity contribution in [3.05, 3.63) is 52.6 Å². The van der Waals surface area contributed by atoms with Crippen LogP contribution < -0.4 is 19.6 Å². The Hall–Kier alpha value is -3.02. The highest BCUT2D eigenvalue weighted by molar-refractivity contribution is 5.83. The van der Waals surface area contributed by atoms with Crippen LogP contribution in [0.5, 0.6) is 17.2 Å². The first-order valence-corrected chi connectivity index (χ1v) is 9.17. The van der Waals surface area contributed by atoms with Crippen molar-refractivity contribution in [1.29, 1.82) is 0 Å². The van der Waals surface area contributed by atoms with Gasteiger partial charge in [-0.2, -0.15) is 5.10 Å². The Balaban J connectivity index is 1.93. The average Bonchev–Trinajstić information content (AvgIpc) is 2.64. The van der Waals surface area contributed by atoms with Gasteiger partial charge in [0.2, 0.25) is 0 Å². The molecule has 0 radical (unpaired) electrons. The number of nitrogens with zero attached hydrogens (tertiary/aromatic N) is 1. The van der Waals surface area contributed by atoms with Crippen molar-refractivity contribution < 1.29 is 19.0 Å². The third-order valence-corrected chi connectivity index (χ3v) is 4.08. The lowest BCUT2D eigenvalue weighted by atomic mass is 10.1. The van der Waals surface area contributed by atoms with E-state index in [1.807, 2.05) is 52.8 Å². The molecule has 28 heavy (non-hydrogen) atoms. The number of hydrazone groups is 1. The van der Waals surface area contributed by atoms with Crippen molar-refractivity contribution >= 4 is 12.1 Å². The summed E-state index contributed by atoms with van der Waals surface area (Å²) in [5.74, 6) is 1.65. The second-order valence-electron chi connectivity index (χ2n) is 6.86. The minimum absolute atomic E-state index is 0.0496. The molecule has 0 aliphatic carbocycles. The van der Waals surface area contributed by atoms with Crippen LogP contribution in [-0.4, -0.2) is 31.9 Å². The van der Waals surface area contributed by atoms with Crippen LogP contribution in [-0.2, 0) is 4.79 Å². The minimum Gasteiger partial charge on any atom is -0.493 e. The molecule has 1 N–H and O–H groups in total. The molecule has 2 aromatic rings. The SMILES string of the molecule is COc1cc(/C=N/NC(=O)COc2cc(C)cc(C)c2C)ccc1OC(C)C. The molecule has 150 valence electrons. The van der Waals surface area contributed by atoms with Crippen LogP contribution in [0.4, 0.5) is 0 Å². The topological polar surface area (TPSA) is 69.2 Å². The van der Waals surface area contributed by atoms with E-state index >= 15 is 0 Å². The number of amides is 1. The lowest BCUT2D eigenvalue weighted by Crippen LogP contribution is -2.24. The molecule has 0 heterocycles. The molecule has 0 aromatic heterocycles. The Morgan fingerprint density at radius 2 is 1.86 bits per heavy atom. The number of hydrogen-bond acceptors (Lipinski definition) is 5. The van der Waals surface area contributed by atoms with E-state index in [0.717, 1.165) is 22.3 Å². The van der Waals surface area contributed by atoms with Gasteiger partial charge in [-0.1, -0.05) is 6.07 Å². The van der Waals surface area contributed by atoms with E-state index in [1.165, 1.54) is 0 Å². The summed E-state index contributed by atoms with van der Waals surface area (Å²) >= 11 is 0. The standard InChI is InChI=1S/C22H28N2O4/c1-14(2)28-19-8-7-18(11-21(19)26-6)12-23-24-22(25)13-27-20-10-15(3)9-16(4)17(20)5/h7-12,14H,13H2,1-6H3,(H,24,25)/b23-12+. The average molecular weight is 384 g/mol. The summed E-state index contributed by atoms with van der Waals surface area (Å²) in [7, 11) is 1.58. The first-order chi connectivity index (χ1) is 13.3. The van der Waals surface area contributed by atoms with Gasteiger partial charge in [0.25, 0.3) is 5.91 Å². The fourth-order valence-electron chi connectivity index (χ4n) is 2.62. The number of aryl methyl sites for hydroxylation is 2. The molecule has 0 saturated carbocycles. The number of rotatable bonds is 8.